The maximum Gasteiger partial charge on any atom is 0.134 e. The Balaban J connectivity index is 0.000000861. The van der Waals surface area contributed by atoms with Crippen molar-refractivity contribution in [3.05, 3.63) is 29.8 Å². The fraction of sp³-hybridized carbons (Fsp3) is 0.562. The number of ketones is 1. The summed E-state index contributed by atoms with van der Waals surface area (Å²) in [5, 5.41) is 3.23. The molecule has 0 amide bonds. The van der Waals surface area contributed by atoms with E-state index >= 15 is 0 Å². The number of carbonyl (C=O) groups excluding carboxylic acids is 1. The van der Waals surface area contributed by atoms with Crippen molar-refractivity contribution < 1.29 is 9.53 Å². The quantitative estimate of drug-likeness (QED) is 0.887. The second-order valence-electron chi connectivity index (χ2n) is 4.72. The monoisotopic (exact) mass is 263 g/mol. The average Bonchev–Trinajstić information content (AvgIpc) is 2.37. The highest BCUT2D eigenvalue weighted by atomic mass is 16.5. The number of nitrogens with one attached hydrogen (secondary N) is 1. The Bertz CT molecular complexity index is 380. The molecule has 0 heterocycles. The molecule has 0 spiro atoms. The van der Waals surface area contributed by atoms with Gasteiger partial charge in [-0.05, 0) is 44.5 Å². The summed E-state index contributed by atoms with van der Waals surface area (Å²) in [5.41, 5.74) is 1.05. The molecule has 2 rings (SSSR count). The predicted octanol–water partition coefficient (Wildman–Crippen LogP) is 2.97. The third kappa shape index (κ3) is 5.03. The zero-order valence-corrected chi connectivity index (χ0v) is 12.4. The van der Waals surface area contributed by atoms with E-state index in [4.69, 9.17) is 4.74 Å². The Hall–Kier alpha value is -1.35. The molecule has 1 aliphatic carbocycles. The lowest BCUT2D eigenvalue weighted by Gasteiger charge is -2.35. The van der Waals surface area contributed by atoms with Crippen LogP contribution < -0.4 is 10.1 Å². The minimum absolute atomic E-state index is 0.189. The summed E-state index contributed by atoms with van der Waals surface area (Å²) in [7, 11) is 1.98. The highest BCUT2D eigenvalue weighted by Gasteiger charge is 2.29. The van der Waals surface area contributed by atoms with E-state index in [9.17, 15) is 4.79 Å². The number of carbonyl (C=O) groups is 1. The molecule has 0 bridgehead atoms. The summed E-state index contributed by atoms with van der Waals surface area (Å²) in [5.74, 6) is 1.09. The standard InChI is InChI=1S/C14H19NO2.C2H6/c1-10(16)7-11-3-5-13(6-4-11)17-14-8-12(9-14)15-2;1-2/h3-6,12,14-15H,7-9H2,1-2H3;1-2H3. The number of hydrogen-bond acceptors (Lipinski definition) is 3. The topological polar surface area (TPSA) is 38.3 Å². The zero-order chi connectivity index (χ0) is 14.3. The first-order valence-electron chi connectivity index (χ1n) is 7.09. The number of hydrogen-bond donors (Lipinski definition) is 1. The number of benzene rings is 1. The van der Waals surface area contributed by atoms with Crippen LogP contribution in [-0.4, -0.2) is 25.0 Å². The minimum atomic E-state index is 0.189. The van der Waals surface area contributed by atoms with E-state index < -0.39 is 0 Å². The lowest BCUT2D eigenvalue weighted by Crippen LogP contribution is -2.45. The molecule has 1 aromatic carbocycles. The SMILES string of the molecule is CC.CNC1CC(Oc2ccc(CC(C)=O)cc2)C1. The smallest absolute Gasteiger partial charge is 0.134 e. The van der Waals surface area contributed by atoms with Crippen LogP contribution in [0.2, 0.25) is 0 Å². The second-order valence-corrected chi connectivity index (χ2v) is 4.72. The van der Waals surface area contributed by atoms with Crippen LogP contribution in [0.4, 0.5) is 0 Å². The molecule has 1 saturated carbocycles. The summed E-state index contributed by atoms with van der Waals surface area (Å²) >= 11 is 0. The van der Waals surface area contributed by atoms with E-state index in [1.54, 1.807) is 6.92 Å². The van der Waals surface area contributed by atoms with Crippen molar-refractivity contribution in [1.82, 2.24) is 5.32 Å². The lowest BCUT2D eigenvalue weighted by atomic mass is 9.89. The van der Waals surface area contributed by atoms with Gasteiger partial charge in [0.25, 0.3) is 0 Å². The van der Waals surface area contributed by atoms with Crippen molar-refractivity contribution in [3.63, 3.8) is 0 Å². The van der Waals surface area contributed by atoms with Gasteiger partial charge in [-0.1, -0.05) is 26.0 Å². The molecule has 0 saturated heterocycles. The Kier molecular flexibility index (Phi) is 6.57. The average molecular weight is 263 g/mol. The van der Waals surface area contributed by atoms with Gasteiger partial charge in [0.2, 0.25) is 0 Å². The molecule has 3 nitrogen and oxygen atoms in total. The summed E-state index contributed by atoms with van der Waals surface area (Å²) in [6.07, 6.45) is 2.99. The predicted molar refractivity (Wildman–Crippen MR) is 78.7 cm³/mol. The van der Waals surface area contributed by atoms with Gasteiger partial charge >= 0.3 is 0 Å². The zero-order valence-electron chi connectivity index (χ0n) is 12.4. The van der Waals surface area contributed by atoms with Crippen LogP contribution in [0.5, 0.6) is 5.75 Å². The van der Waals surface area contributed by atoms with Gasteiger partial charge in [0.15, 0.2) is 0 Å². The van der Waals surface area contributed by atoms with E-state index in [2.05, 4.69) is 5.32 Å². The molecule has 19 heavy (non-hydrogen) atoms. The Labute approximate surface area is 116 Å². The van der Waals surface area contributed by atoms with Gasteiger partial charge in [0.1, 0.15) is 17.6 Å². The van der Waals surface area contributed by atoms with Crippen molar-refractivity contribution in [1.29, 1.82) is 0 Å². The third-order valence-electron chi connectivity index (χ3n) is 3.18. The van der Waals surface area contributed by atoms with Gasteiger partial charge in [0.05, 0.1) is 0 Å². The molecule has 0 atom stereocenters. The number of Topliss-reactive ketones (excluding diaryl/α,β-unsaturated/α-hetero) is 1. The molecule has 0 aromatic heterocycles. The van der Waals surface area contributed by atoms with E-state index in [1.807, 2.05) is 45.2 Å². The van der Waals surface area contributed by atoms with E-state index in [0.29, 0.717) is 18.6 Å². The van der Waals surface area contributed by atoms with Gasteiger partial charge < -0.3 is 10.1 Å². The molecule has 3 heteroatoms. The maximum absolute atomic E-state index is 11.0. The largest absolute Gasteiger partial charge is 0.490 e. The van der Waals surface area contributed by atoms with Crippen LogP contribution in [0.25, 0.3) is 0 Å². The molecule has 0 aliphatic heterocycles. The summed E-state index contributed by atoms with van der Waals surface area (Å²) < 4.78 is 5.82. The Morgan fingerprint density at radius 1 is 1.26 bits per heavy atom. The highest BCUT2D eigenvalue weighted by molar-refractivity contribution is 5.78. The molecule has 106 valence electrons. The van der Waals surface area contributed by atoms with Crippen LogP contribution >= 0.6 is 0 Å². The normalized spacial score (nSPS) is 20.8. The third-order valence-corrected chi connectivity index (χ3v) is 3.18. The second kappa shape index (κ2) is 7.95. The molecule has 1 N–H and O–H groups in total. The first-order valence-corrected chi connectivity index (χ1v) is 7.09. The first kappa shape index (κ1) is 15.7. The minimum Gasteiger partial charge on any atom is -0.490 e. The van der Waals surface area contributed by atoms with E-state index in [1.165, 1.54) is 0 Å². The number of rotatable bonds is 5. The van der Waals surface area contributed by atoms with Crippen LogP contribution in [0.1, 0.15) is 39.2 Å². The van der Waals surface area contributed by atoms with Gasteiger partial charge in [0, 0.05) is 12.5 Å². The van der Waals surface area contributed by atoms with Crippen molar-refractivity contribution >= 4 is 5.78 Å². The lowest BCUT2D eigenvalue weighted by molar-refractivity contribution is -0.116. The molecule has 1 fully saturated rings. The van der Waals surface area contributed by atoms with Gasteiger partial charge in [-0.15, -0.1) is 0 Å². The summed E-state index contributed by atoms with van der Waals surface area (Å²) in [4.78, 5) is 11.0. The molecule has 1 aromatic rings. The van der Waals surface area contributed by atoms with Gasteiger partial charge in [-0.2, -0.15) is 0 Å². The molecule has 1 aliphatic rings. The van der Waals surface area contributed by atoms with E-state index in [-0.39, 0.29) is 5.78 Å². The van der Waals surface area contributed by atoms with Crippen LogP contribution in [-0.2, 0) is 11.2 Å². The maximum atomic E-state index is 11.0. The fourth-order valence-corrected chi connectivity index (χ4v) is 2.06. The van der Waals surface area contributed by atoms with Crippen LogP contribution in [0.15, 0.2) is 24.3 Å². The van der Waals surface area contributed by atoms with E-state index in [0.717, 1.165) is 24.2 Å². The summed E-state index contributed by atoms with van der Waals surface area (Å²) in [6.45, 7) is 5.61. The summed E-state index contributed by atoms with van der Waals surface area (Å²) in [6, 6.07) is 8.43. The highest BCUT2D eigenvalue weighted by Crippen LogP contribution is 2.25. The molecule has 0 radical (unpaired) electrons. The molecule has 0 unspecified atom stereocenters. The van der Waals surface area contributed by atoms with Crippen molar-refractivity contribution in [2.45, 2.75) is 52.2 Å². The first-order chi connectivity index (χ1) is 9.17. The van der Waals surface area contributed by atoms with Crippen molar-refractivity contribution in [2.75, 3.05) is 7.05 Å². The van der Waals surface area contributed by atoms with Crippen LogP contribution in [0.3, 0.4) is 0 Å². The van der Waals surface area contributed by atoms with Crippen LogP contribution in [0, 0.1) is 0 Å². The molecular formula is C16H25NO2. The van der Waals surface area contributed by atoms with Crippen molar-refractivity contribution in [2.24, 2.45) is 0 Å². The molecular weight excluding hydrogens is 238 g/mol. The van der Waals surface area contributed by atoms with Gasteiger partial charge in [-0.3, -0.25) is 4.79 Å². The Morgan fingerprint density at radius 2 is 1.84 bits per heavy atom. The van der Waals surface area contributed by atoms with Gasteiger partial charge in [-0.25, -0.2) is 0 Å². The van der Waals surface area contributed by atoms with Crippen molar-refractivity contribution in [3.8, 4) is 5.75 Å². The fourth-order valence-electron chi connectivity index (χ4n) is 2.06. The number of ether oxygens (including phenoxy) is 1. The Morgan fingerprint density at radius 3 is 2.32 bits per heavy atom.